The largest absolute Gasteiger partial charge is 0.369 e. The molecule has 0 saturated carbocycles. The Hall–Kier alpha value is -3.48. The first kappa shape index (κ1) is 17.9. The van der Waals surface area contributed by atoms with E-state index in [1.807, 2.05) is 4.90 Å². The Balaban J connectivity index is 1.66. The lowest BCUT2D eigenvalue weighted by Crippen LogP contribution is -2.54. The number of halogens is 1. The molecule has 0 radical (unpaired) electrons. The van der Waals surface area contributed by atoms with Gasteiger partial charge in [-0.3, -0.25) is 14.9 Å². The Morgan fingerprint density at radius 2 is 1.68 bits per heavy atom. The van der Waals surface area contributed by atoms with Gasteiger partial charge in [0.2, 0.25) is 0 Å². The standard InChI is InChI=1S/C21H18FN3O3/c22-17-13-14(8-9-18(17)24-10-4-5-11-24)12-16-19(26)23-21(28)25(20(16)27)15-6-2-1-3-7-15/h1-3,6-9,12-13H,4-5,10-11H2,(H,23,26,28)/b16-12+. The van der Waals surface area contributed by atoms with Crippen molar-refractivity contribution < 1.29 is 18.8 Å². The fourth-order valence-electron chi connectivity index (χ4n) is 3.46. The number of rotatable bonds is 3. The molecule has 2 aromatic carbocycles. The van der Waals surface area contributed by atoms with Gasteiger partial charge in [-0.25, -0.2) is 14.1 Å². The van der Waals surface area contributed by atoms with Crippen LogP contribution in [-0.4, -0.2) is 30.9 Å². The van der Waals surface area contributed by atoms with Crippen LogP contribution in [0.2, 0.25) is 0 Å². The van der Waals surface area contributed by atoms with Gasteiger partial charge >= 0.3 is 6.03 Å². The summed E-state index contributed by atoms with van der Waals surface area (Å²) in [6, 6.07) is 12.1. The molecule has 6 nitrogen and oxygen atoms in total. The molecule has 28 heavy (non-hydrogen) atoms. The summed E-state index contributed by atoms with van der Waals surface area (Å²) in [5.41, 5.74) is 1.01. The minimum atomic E-state index is -0.811. The monoisotopic (exact) mass is 379 g/mol. The molecule has 2 saturated heterocycles. The third-order valence-corrected chi connectivity index (χ3v) is 4.85. The Bertz CT molecular complexity index is 982. The quantitative estimate of drug-likeness (QED) is 0.657. The molecule has 2 aromatic rings. The van der Waals surface area contributed by atoms with Gasteiger partial charge in [0.05, 0.1) is 11.4 Å². The van der Waals surface area contributed by atoms with E-state index >= 15 is 0 Å². The van der Waals surface area contributed by atoms with E-state index in [-0.39, 0.29) is 5.57 Å². The average molecular weight is 379 g/mol. The lowest BCUT2D eigenvalue weighted by Gasteiger charge is -2.26. The normalized spacial score (nSPS) is 18.8. The fourth-order valence-corrected chi connectivity index (χ4v) is 3.46. The van der Waals surface area contributed by atoms with Crippen molar-refractivity contribution >= 4 is 35.3 Å². The van der Waals surface area contributed by atoms with Crippen LogP contribution in [-0.2, 0) is 9.59 Å². The molecule has 0 aliphatic carbocycles. The molecule has 142 valence electrons. The molecule has 4 rings (SSSR count). The number of hydrogen-bond acceptors (Lipinski definition) is 4. The van der Waals surface area contributed by atoms with Crippen LogP contribution in [0.15, 0.2) is 54.1 Å². The summed E-state index contributed by atoms with van der Waals surface area (Å²) in [5, 5.41) is 2.16. The summed E-state index contributed by atoms with van der Waals surface area (Å²) in [7, 11) is 0. The maximum Gasteiger partial charge on any atom is 0.335 e. The van der Waals surface area contributed by atoms with Gasteiger partial charge in [0.25, 0.3) is 11.8 Å². The first-order valence-corrected chi connectivity index (χ1v) is 9.05. The highest BCUT2D eigenvalue weighted by atomic mass is 19.1. The lowest BCUT2D eigenvalue weighted by molar-refractivity contribution is -0.122. The van der Waals surface area contributed by atoms with Gasteiger partial charge in [0.1, 0.15) is 11.4 Å². The molecular formula is C21H18FN3O3. The fraction of sp³-hybridized carbons (Fsp3) is 0.190. The Kier molecular flexibility index (Phi) is 4.65. The molecule has 0 bridgehead atoms. The van der Waals surface area contributed by atoms with Crippen LogP contribution in [0.4, 0.5) is 20.6 Å². The summed E-state index contributed by atoms with van der Waals surface area (Å²) in [4.78, 5) is 40.0. The first-order chi connectivity index (χ1) is 13.5. The number of nitrogens with one attached hydrogen (secondary N) is 1. The van der Waals surface area contributed by atoms with Gasteiger partial charge < -0.3 is 4.90 Å². The second-order valence-corrected chi connectivity index (χ2v) is 6.70. The summed E-state index contributed by atoms with van der Waals surface area (Å²) < 4.78 is 14.5. The zero-order valence-corrected chi connectivity index (χ0v) is 15.0. The van der Waals surface area contributed by atoms with Crippen molar-refractivity contribution in [1.29, 1.82) is 0 Å². The van der Waals surface area contributed by atoms with E-state index in [0.29, 0.717) is 16.9 Å². The number of amides is 4. The molecule has 0 aromatic heterocycles. The molecule has 2 heterocycles. The summed E-state index contributed by atoms with van der Waals surface area (Å²) in [5.74, 6) is -1.95. The van der Waals surface area contributed by atoms with E-state index in [9.17, 15) is 18.8 Å². The van der Waals surface area contributed by atoms with E-state index in [4.69, 9.17) is 0 Å². The van der Waals surface area contributed by atoms with Crippen molar-refractivity contribution in [3.63, 3.8) is 0 Å². The van der Waals surface area contributed by atoms with Gasteiger partial charge in [-0.2, -0.15) is 0 Å². The summed E-state index contributed by atoms with van der Waals surface area (Å²) >= 11 is 0. The number of benzene rings is 2. The number of barbiturate groups is 1. The Morgan fingerprint density at radius 3 is 2.36 bits per heavy atom. The van der Waals surface area contributed by atoms with Crippen LogP contribution in [0.1, 0.15) is 18.4 Å². The third kappa shape index (κ3) is 3.26. The molecule has 4 amide bonds. The van der Waals surface area contributed by atoms with Crippen LogP contribution in [0.5, 0.6) is 0 Å². The smallest absolute Gasteiger partial charge is 0.335 e. The van der Waals surface area contributed by atoms with Crippen molar-refractivity contribution in [2.45, 2.75) is 12.8 Å². The highest BCUT2D eigenvalue weighted by molar-refractivity contribution is 6.39. The molecule has 2 aliphatic heterocycles. The summed E-state index contributed by atoms with van der Waals surface area (Å²) in [6.45, 7) is 1.62. The van der Waals surface area contributed by atoms with E-state index in [0.717, 1.165) is 30.8 Å². The molecule has 2 aliphatic rings. The van der Waals surface area contributed by atoms with Gasteiger partial charge in [0.15, 0.2) is 0 Å². The number of carbonyl (C=O) groups is 3. The van der Waals surface area contributed by atoms with Crippen LogP contribution in [0.3, 0.4) is 0 Å². The van der Waals surface area contributed by atoms with Crippen LogP contribution < -0.4 is 15.1 Å². The van der Waals surface area contributed by atoms with E-state index < -0.39 is 23.7 Å². The average Bonchev–Trinajstić information content (AvgIpc) is 3.20. The maximum absolute atomic E-state index is 14.5. The van der Waals surface area contributed by atoms with Crippen molar-refractivity contribution in [3.05, 3.63) is 65.5 Å². The van der Waals surface area contributed by atoms with Crippen molar-refractivity contribution in [2.75, 3.05) is 22.9 Å². The van der Waals surface area contributed by atoms with Crippen molar-refractivity contribution in [1.82, 2.24) is 5.32 Å². The topological polar surface area (TPSA) is 69.7 Å². The minimum absolute atomic E-state index is 0.225. The van der Waals surface area contributed by atoms with Crippen LogP contribution >= 0.6 is 0 Å². The number of para-hydroxylation sites is 1. The van der Waals surface area contributed by atoms with E-state index in [1.54, 1.807) is 42.5 Å². The number of anilines is 2. The van der Waals surface area contributed by atoms with Crippen molar-refractivity contribution in [3.8, 4) is 0 Å². The lowest BCUT2D eigenvalue weighted by atomic mass is 10.1. The SMILES string of the molecule is O=C1NC(=O)N(c2ccccc2)C(=O)/C1=C/c1ccc(N2CCCC2)c(F)c1. The second-order valence-electron chi connectivity index (χ2n) is 6.70. The van der Waals surface area contributed by atoms with Crippen LogP contribution in [0.25, 0.3) is 6.08 Å². The molecular weight excluding hydrogens is 361 g/mol. The maximum atomic E-state index is 14.5. The number of urea groups is 1. The minimum Gasteiger partial charge on any atom is -0.369 e. The first-order valence-electron chi connectivity index (χ1n) is 9.05. The van der Waals surface area contributed by atoms with Crippen molar-refractivity contribution in [2.24, 2.45) is 0 Å². The predicted octanol–water partition coefficient (Wildman–Crippen LogP) is 3.09. The molecule has 1 N–H and O–H groups in total. The number of hydrogen-bond donors (Lipinski definition) is 1. The molecule has 7 heteroatoms. The van der Waals surface area contributed by atoms with Gasteiger partial charge in [-0.1, -0.05) is 24.3 Å². The van der Waals surface area contributed by atoms with Gasteiger partial charge in [-0.15, -0.1) is 0 Å². The number of imide groups is 2. The zero-order valence-electron chi connectivity index (χ0n) is 15.0. The predicted molar refractivity (Wildman–Crippen MR) is 103 cm³/mol. The second kappa shape index (κ2) is 7.26. The molecule has 0 spiro atoms. The van der Waals surface area contributed by atoms with Crippen LogP contribution in [0, 0.1) is 5.82 Å². The molecule has 0 atom stereocenters. The van der Waals surface area contributed by atoms with Gasteiger partial charge in [0, 0.05) is 13.1 Å². The number of carbonyl (C=O) groups excluding carboxylic acids is 3. The number of nitrogens with zero attached hydrogens (tertiary/aromatic N) is 2. The molecule has 0 unspecified atom stereocenters. The van der Waals surface area contributed by atoms with E-state index in [1.165, 1.54) is 12.1 Å². The Labute approximate surface area is 161 Å². The van der Waals surface area contributed by atoms with Gasteiger partial charge in [-0.05, 0) is 48.7 Å². The third-order valence-electron chi connectivity index (χ3n) is 4.85. The van der Waals surface area contributed by atoms with E-state index in [2.05, 4.69) is 5.32 Å². The highest BCUT2D eigenvalue weighted by Gasteiger charge is 2.36. The molecule has 2 fully saturated rings. The Morgan fingerprint density at radius 1 is 0.964 bits per heavy atom. The zero-order chi connectivity index (χ0) is 19.7. The highest BCUT2D eigenvalue weighted by Crippen LogP contribution is 2.26. The summed E-state index contributed by atoms with van der Waals surface area (Å²) in [6.07, 6.45) is 3.36.